The third kappa shape index (κ3) is 3.60. The molecular formula is C21H21ClN4O2. The van der Waals surface area contributed by atoms with Crippen molar-refractivity contribution in [3.05, 3.63) is 53.6 Å². The number of piperidine rings is 1. The number of nitrogens with two attached hydrogens (primary N) is 1. The Morgan fingerprint density at radius 3 is 2.57 bits per heavy atom. The molecule has 2 amide bonds. The zero-order valence-corrected chi connectivity index (χ0v) is 16.1. The number of fused-ring (bicyclic) bond motifs is 1. The standard InChI is InChI=1S/C21H21ClN4O2/c22-16-5-3-4-15(12-16)21-24-17-6-1-2-7-18(17)26(21)13-19(27)25-10-8-14(9-11-25)20(23)28/h1-7,12,14H,8-11,13H2,(H2,23,28). The fourth-order valence-corrected chi connectivity index (χ4v) is 3.92. The summed E-state index contributed by atoms with van der Waals surface area (Å²) in [5, 5.41) is 0.621. The lowest BCUT2D eigenvalue weighted by atomic mass is 9.96. The van der Waals surface area contributed by atoms with E-state index in [2.05, 4.69) is 0 Å². The minimum absolute atomic E-state index is 0.00866. The van der Waals surface area contributed by atoms with E-state index < -0.39 is 0 Å². The van der Waals surface area contributed by atoms with Crippen LogP contribution in [0.25, 0.3) is 22.4 Å². The van der Waals surface area contributed by atoms with Gasteiger partial charge in [-0.3, -0.25) is 9.59 Å². The molecule has 0 bridgehead atoms. The van der Waals surface area contributed by atoms with Gasteiger partial charge in [-0.1, -0.05) is 35.9 Å². The number of likely N-dealkylation sites (tertiary alicyclic amines) is 1. The van der Waals surface area contributed by atoms with Crippen molar-refractivity contribution in [3.8, 4) is 11.4 Å². The monoisotopic (exact) mass is 396 g/mol. The summed E-state index contributed by atoms with van der Waals surface area (Å²) < 4.78 is 1.93. The van der Waals surface area contributed by atoms with Gasteiger partial charge in [0.1, 0.15) is 12.4 Å². The van der Waals surface area contributed by atoms with E-state index in [-0.39, 0.29) is 24.3 Å². The normalized spacial score (nSPS) is 15.1. The Bertz CT molecular complexity index is 1040. The van der Waals surface area contributed by atoms with Crippen molar-refractivity contribution in [1.82, 2.24) is 14.5 Å². The lowest BCUT2D eigenvalue weighted by molar-refractivity contribution is -0.135. The fourth-order valence-electron chi connectivity index (χ4n) is 3.73. The van der Waals surface area contributed by atoms with Gasteiger partial charge in [-0.2, -0.15) is 0 Å². The van der Waals surface area contributed by atoms with Gasteiger partial charge in [0.05, 0.1) is 11.0 Å². The van der Waals surface area contributed by atoms with Gasteiger partial charge >= 0.3 is 0 Å². The molecule has 0 unspecified atom stereocenters. The molecular weight excluding hydrogens is 376 g/mol. The highest BCUT2D eigenvalue weighted by molar-refractivity contribution is 6.30. The summed E-state index contributed by atoms with van der Waals surface area (Å²) in [6.07, 6.45) is 1.24. The van der Waals surface area contributed by atoms with Gasteiger partial charge in [-0.05, 0) is 37.1 Å². The molecule has 7 heteroatoms. The van der Waals surface area contributed by atoms with Crippen LogP contribution >= 0.6 is 11.6 Å². The van der Waals surface area contributed by atoms with Crippen LogP contribution in [0.4, 0.5) is 0 Å². The third-order valence-corrected chi connectivity index (χ3v) is 5.52. The quantitative estimate of drug-likeness (QED) is 0.735. The lowest BCUT2D eigenvalue weighted by Gasteiger charge is -2.30. The molecule has 0 radical (unpaired) electrons. The van der Waals surface area contributed by atoms with E-state index in [1.165, 1.54) is 0 Å². The molecule has 2 heterocycles. The van der Waals surface area contributed by atoms with Crippen molar-refractivity contribution < 1.29 is 9.59 Å². The maximum absolute atomic E-state index is 13.0. The number of benzene rings is 2. The van der Waals surface area contributed by atoms with E-state index >= 15 is 0 Å². The molecule has 1 saturated heterocycles. The zero-order valence-electron chi connectivity index (χ0n) is 15.3. The van der Waals surface area contributed by atoms with Crippen molar-refractivity contribution >= 4 is 34.4 Å². The molecule has 1 aliphatic heterocycles. The number of carbonyl (C=O) groups excluding carboxylic acids is 2. The van der Waals surface area contributed by atoms with Crippen LogP contribution in [0.2, 0.25) is 5.02 Å². The third-order valence-electron chi connectivity index (χ3n) is 5.28. The lowest BCUT2D eigenvalue weighted by Crippen LogP contribution is -2.43. The van der Waals surface area contributed by atoms with Crippen molar-refractivity contribution in [3.63, 3.8) is 0 Å². The summed E-state index contributed by atoms with van der Waals surface area (Å²) in [6.45, 7) is 1.28. The first kappa shape index (κ1) is 18.5. The summed E-state index contributed by atoms with van der Waals surface area (Å²) in [6, 6.07) is 15.2. The highest BCUT2D eigenvalue weighted by Crippen LogP contribution is 2.27. The first-order chi connectivity index (χ1) is 13.5. The molecule has 1 fully saturated rings. The van der Waals surface area contributed by atoms with E-state index in [9.17, 15) is 9.59 Å². The summed E-state index contributed by atoms with van der Waals surface area (Å²) in [7, 11) is 0. The average Bonchev–Trinajstić information content (AvgIpc) is 3.06. The number of rotatable bonds is 4. The van der Waals surface area contributed by atoms with E-state index in [1.54, 1.807) is 4.90 Å². The van der Waals surface area contributed by atoms with Crippen molar-refractivity contribution in [2.75, 3.05) is 13.1 Å². The SMILES string of the molecule is NC(=O)C1CCN(C(=O)Cn2c(-c3cccc(Cl)c3)nc3ccccc32)CC1. The van der Waals surface area contributed by atoms with Gasteiger partial charge in [0, 0.05) is 29.6 Å². The largest absolute Gasteiger partial charge is 0.369 e. The second kappa shape index (κ2) is 7.64. The van der Waals surface area contributed by atoms with Crippen LogP contribution in [0.3, 0.4) is 0 Å². The van der Waals surface area contributed by atoms with Crippen LogP contribution in [-0.2, 0) is 16.1 Å². The Morgan fingerprint density at radius 1 is 1.11 bits per heavy atom. The topological polar surface area (TPSA) is 81.2 Å². The molecule has 2 aromatic carbocycles. The summed E-state index contributed by atoms with van der Waals surface area (Å²) >= 11 is 6.16. The second-order valence-corrected chi connectivity index (χ2v) is 7.51. The minimum Gasteiger partial charge on any atom is -0.369 e. The van der Waals surface area contributed by atoms with Crippen molar-refractivity contribution in [1.29, 1.82) is 0 Å². The number of aromatic nitrogens is 2. The maximum Gasteiger partial charge on any atom is 0.242 e. The Hall–Kier alpha value is -2.86. The van der Waals surface area contributed by atoms with E-state index in [0.717, 1.165) is 16.6 Å². The number of para-hydroxylation sites is 2. The van der Waals surface area contributed by atoms with Crippen molar-refractivity contribution in [2.24, 2.45) is 11.7 Å². The Labute approximate surface area is 167 Å². The highest BCUT2D eigenvalue weighted by Gasteiger charge is 2.26. The first-order valence-electron chi connectivity index (χ1n) is 9.31. The molecule has 0 aliphatic carbocycles. The molecule has 0 atom stereocenters. The highest BCUT2D eigenvalue weighted by atomic mass is 35.5. The smallest absolute Gasteiger partial charge is 0.242 e. The predicted molar refractivity (Wildman–Crippen MR) is 109 cm³/mol. The molecule has 28 heavy (non-hydrogen) atoms. The minimum atomic E-state index is -0.282. The molecule has 4 rings (SSSR count). The number of hydrogen-bond acceptors (Lipinski definition) is 3. The van der Waals surface area contributed by atoms with Crippen LogP contribution < -0.4 is 5.73 Å². The van der Waals surface area contributed by atoms with Crippen LogP contribution in [0.1, 0.15) is 12.8 Å². The number of halogens is 1. The molecule has 0 saturated carbocycles. The van der Waals surface area contributed by atoms with Crippen LogP contribution in [0.15, 0.2) is 48.5 Å². The van der Waals surface area contributed by atoms with E-state index in [0.29, 0.717) is 36.8 Å². The van der Waals surface area contributed by atoms with Crippen LogP contribution in [0, 0.1) is 5.92 Å². The van der Waals surface area contributed by atoms with E-state index in [4.69, 9.17) is 22.3 Å². The number of amides is 2. The van der Waals surface area contributed by atoms with Crippen LogP contribution in [-0.4, -0.2) is 39.4 Å². The number of primary amides is 1. The molecule has 3 aromatic rings. The summed E-state index contributed by atoms with van der Waals surface area (Å²) in [4.78, 5) is 30.9. The first-order valence-corrected chi connectivity index (χ1v) is 9.69. The van der Waals surface area contributed by atoms with Gasteiger partial charge in [0.25, 0.3) is 0 Å². The molecule has 1 aliphatic rings. The van der Waals surface area contributed by atoms with Gasteiger partial charge in [-0.15, -0.1) is 0 Å². The summed E-state index contributed by atoms with van der Waals surface area (Å²) in [5.41, 5.74) is 7.99. The maximum atomic E-state index is 13.0. The van der Waals surface area contributed by atoms with Gasteiger partial charge < -0.3 is 15.2 Å². The van der Waals surface area contributed by atoms with Crippen LogP contribution in [0.5, 0.6) is 0 Å². The van der Waals surface area contributed by atoms with Gasteiger partial charge in [0.2, 0.25) is 11.8 Å². The van der Waals surface area contributed by atoms with Gasteiger partial charge in [0.15, 0.2) is 0 Å². The van der Waals surface area contributed by atoms with Crippen molar-refractivity contribution in [2.45, 2.75) is 19.4 Å². The number of carbonyl (C=O) groups is 2. The predicted octanol–water partition coefficient (Wildman–Crippen LogP) is 3.08. The molecule has 6 nitrogen and oxygen atoms in total. The van der Waals surface area contributed by atoms with Gasteiger partial charge in [-0.25, -0.2) is 4.98 Å². The average molecular weight is 397 g/mol. The molecule has 2 N–H and O–H groups in total. The van der Waals surface area contributed by atoms with E-state index in [1.807, 2.05) is 53.1 Å². The molecule has 0 spiro atoms. The second-order valence-electron chi connectivity index (χ2n) is 7.08. The Morgan fingerprint density at radius 2 is 1.86 bits per heavy atom. The number of imidazole rings is 1. The number of hydrogen-bond donors (Lipinski definition) is 1. The fraction of sp³-hybridized carbons (Fsp3) is 0.286. The molecule has 144 valence electrons. The number of nitrogens with zero attached hydrogens (tertiary/aromatic N) is 3. The Balaban J connectivity index is 1.64. The molecule has 1 aromatic heterocycles. The summed E-state index contributed by atoms with van der Waals surface area (Å²) in [5.74, 6) is 0.300. The Kier molecular flexibility index (Phi) is 5.05. The zero-order chi connectivity index (χ0) is 19.7.